The Hall–Kier alpha value is -1.69. The van der Waals surface area contributed by atoms with Gasteiger partial charge in [-0.15, -0.1) is 0 Å². The average Bonchev–Trinajstić information content (AvgIpc) is 2.18. The number of oxime groups is 1. The van der Waals surface area contributed by atoms with Gasteiger partial charge < -0.3 is 14.7 Å². The fraction of sp³-hybridized carbons (Fsp3) is 0.286. The first kappa shape index (κ1) is 13.3. The van der Waals surface area contributed by atoms with Gasteiger partial charge in [-0.3, -0.25) is 4.79 Å². The van der Waals surface area contributed by atoms with Crippen molar-refractivity contribution >= 4 is 34.5 Å². The fourth-order valence-corrected chi connectivity index (χ4v) is 0.706. The summed E-state index contributed by atoms with van der Waals surface area (Å²) in [7, 11) is 1.02. The number of ether oxygens (including phenoxy) is 1. The zero-order chi connectivity index (χ0) is 11.8. The van der Waals surface area contributed by atoms with E-state index in [9.17, 15) is 14.4 Å². The number of carbonyl (C=O) groups excluding carboxylic acids is 2. The lowest BCUT2D eigenvalue weighted by molar-refractivity contribution is -0.151. The first-order valence-corrected chi connectivity index (χ1v) is 3.80. The fourth-order valence-electron chi connectivity index (χ4n) is 0.567. The molecule has 8 heteroatoms. The van der Waals surface area contributed by atoms with Crippen LogP contribution in [0.5, 0.6) is 0 Å². The summed E-state index contributed by atoms with van der Waals surface area (Å²) in [5.41, 5.74) is 0. The summed E-state index contributed by atoms with van der Waals surface area (Å²) in [6.07, 6.45) is -1.26. The van der Waals surface area contributed by atoms with Crippen LogP contribution in [0, 0.1) is 0 Å². The predicted octanol–water partition coefficient (Wildman–Crippen LogP) is -0.431. The van der Waals surface area contributed by atoms with Crippen molar-refractivity contribution in [3.63, 3.8) is 0 Å². The Morgan fingerprint density at radius 3 is 2.60 bits per heavy atom. The highest BCUT2D eigenvalue weighted by Crippen LogP contribution is 1.99. The number of Topliss-reactive ketones (excluding diaryl/α,β-unsaturated/α-hetero) is 1. The summed E-state index contributed by atoms with van der Waals surface area (Å²) in [4.78, 5) is 35.3. The molecule has 0 aromatic heterocycles. The molecule has 1 N–H and O–H groups in total. The van der Waals surface area contributed by atoms with Gasteiger partial charge in [-0.2, -0.15) is 0 Å². The molecule has 0 aromatic rings. The number of carbonyl (C=O) groups is 2. The van der Waals surface area contributed by atoms with Gasteiger partial charge in [0.05, 0.1) is 0 Å². The van der Waals surface area contributed by atoms with Crippen LogP contribution in [0.15, 0.2) is 11.4 Å². The van der Waals surface area contributed by atoms with Gasteiger partial charge in [-0.1, -0.05) is 16.8 Å². The van der Waals surface area contributed by atoms with Gasteiger partial charge in [0.1, 0.15) is 0 Å². The van der Waals surface area contributed by atoms with Gasteiger partial charge in [0, 0.05) is 7.11 Å². The number of hydrogen-bond acceptors (Lipinski definition) is 6. The van der Waals surface area contributed by atoms with Crippen molar-refractivity contribution < 1.29 is 29.1 Å². The van der Waals surface area contributed by atoms with Crippen molar-refractivity contribution in [2.24, 2.45) is 5.16 Å². The highest BCUT2D eigenvalue weighted by Gasteiger charge is 2.29. The third-order valence-electron chi connectivity index (χ3n) is 1.14. The largest absolute Gasteiger partial charge is 0.479 e. The molecule has 0 radical (unpaired) electrons. The first-order chi connectivity index (χ1) is 7.04. The van der Waals surface area contributed by atoms with Gasteiger partial charge in [0.15, 0.2) is 5.94 Å². The molecular formula is C7H6ClNO6. The predicted molar refractivity (Wildman–Crippen MR) is 48.1 cm³/mol. The number of halogens is 1. The van der Waals surface area contributed by atoms with E-state index in [0.717, 1.165) is 7.11 Å². The molecule has 0 aliphatic carbocycles. The van der Waals surface area contributed by atoms with Crippen LogP contribution in [0.25, 0.3) is 0 Å². The Kier molecular flexibility index (Phi) is 5.96. The summed E-state index contributed by atoms with van der Waals surface area (Å²) in [6.45, 7) is 0. The van der Waals surface area contributed by atoms with Crippen LogP contribution in [-0.4, -0.2) is 41.2 Å². The van der Waals surface area contributed by atoms with Crippen molar-refractivity contribution in [3.8, 4) is 0 Å². The minimum atomic E-state index is -1.76. The van der Waals surface area contributed by atoms with Crippen LogP contribution in [0.2, 0.25) is 0 Å². The zero-order valence-corrected chi connectivity index (χ0v) is 8.22. The van der Waals surface area contributed by atoms with Crippen molar-refractivity contribution in [3.05, 3.63) is 6.26 Å². The van der Waals surface area contributed by atoms with Crippen LogP contribution in [0.3, 0.4) is 0 Å². The molecule has 0 aliphatic rings. The first-order valence-electron chi connectivity index (χ1n) is 3.43. The van der Waals surface area contributed by atoms with Crippen LogP contribution >= 0.6 is 11.6 Å². The second-order valence-electron chi connectivity index (χ2n) is 2.04. The van der Waals surface area contributed by atoms with Crippen LogP contribution < -0.4 is 0 Å². The second-order valence-corrected chi connectivity index (χ2v) is 2.40. The number of methoxy groups -OCH3 is 1. The topological polar surface area (TPSA) is 102 Å². The molecule has 1 atom stereocenters. The lowest BCUT2D eigenvalue weighted by Gasteiger charge is -2.06. The maximum atomic E-state index is 11.1. The third kappa shape index (κ3) is 4.37. The molecule has 0 aromatic carbocycles. The lowest BCUT2D eigenvalue weighted by Crippen LogP contribution is -2.35. The lowest BCUT2D eigenvalue weighted by atomic mass is 10.2. The Balaban J connectivity index is 4.60. The minimum Gasteiger partial charge on any atom is -0.479 e. The molecule has 0 saturated carbocycles. The number of ketones is 1. The Morgan fingerprint density at radius 1 is 1.60 bits per heavy atom. The van der Waals surface area contributed by atoms with Crippen LogP contribution in [0.4, 0.5) is 0 Å². The maximum absolute atomic E-state index is 11.1. The number of hydrogen-bond donors (Lipinski definition) is 1. The van der Waals surface area contributed by atoms with Gasteiger partial charge >= 0.3 is 5.97 Å². The van der Waals surface area contributed by atoms with E-state index in [1.807, 2.05) is 0 Å². The SMILES string of the molecule is CO[C@H](C(=O)O)C(=O)/C(Cl)=N/OC=C=O. The van der Waals surface area contributed by atoms with Gasteiger partial charge in [-0.25, -0.2) is 9.59 Å². The molecular weight excluding hydrogens is 230 g/mol. The maximum Gasteiger partial charge on any atom is 0.341 e. The molecule has 0 rings (SSSR count). The summed E-state index contributed by atoms with van der Waals surface area (Å²) in [5.74, 6) is -1.40. The Bertz CT molecular complexity index is 332. The monoisotopic (exact) mass is 235 g/mol. The van der Waals surface area contributed by atoms with Crippen molar-refractivity contribution in [1.29, 1.82) is 0 Å². The van der Waals surface area contributed by atoms with E-state index >= 15 is 0 Å². The normalized spacial score (nSPS) is 12.5. The number of nitrogens with zero attached hydrogens (tertiary/aromatic N) is 1. The number of rotatable bonds is 6. The Morgan fingerprint density at radius 2 is 2.20 bits per heavy atom. The highest BCUT2D eigenvalue weighted by atomic mass is 35.5. The summed E-state index contributed by atoms with van der Waals surface area (Å²) in [6, 6.07) is 0. The van der Waals surface area contributed by atoms with Crippen molar-refractivity contribution in [2.45, 2.75) is 6.10 Å². The molecule has 0 aliphatic heterocycles. The van der Waals surface area contributed by atoms with E-state index in [0.29, 0.717) is 6.26 Å². The molecule has 0 fully saturated rings. The van der Waals surface area contributed by atoms with Crippen molar-refractivity contribution in [1.82, 2.24) is 0 Å². The van der Waals surface area contributed by atoms with Crippen molar-refractivity contribution in [2.75, 3.05) is 7.11 Å². The number of aliphatic carboxylic acids is 1. The molecule has 15 heavy (non-hydrogen) atoms. The van der Waals surface area contributed by atoms with E-state index in [1.165, 1.54) is 5.94 Å². The van der Waals surface area contributed by atoms with E-state index in [1.54, 1.807) is 0 Å². The molecule has 0 spiro atoms. The van der Waals surface area contributed by atoms with Crippen LogP contribution in [-0.2, 0) is 24.0 Å². The smallest absolute Gasteiger partial charge is 0.341 e. The molecule has 82 valence electrons. The van der Waals surface area contributed by atoms with Gasteiger partial charge in [-0.05, 0) is 0 Å². The minimum absolute atomic E-state index is 0.498. The van der Waals surface area contributed by atoms with Crippen LogP contribution in [0.1, 0.15) is 0 Å². The van der Waals surface area contributed by atoms with E-state index in [2.05, 4.69) is 14.7 Å². The summed E-state index contributed by atoms with van der Waals surface area (Å²) in [5, 5.41) is 10.7. The third-order valence-corrected chi connectivity index (χ3v) is 1.39. The van der Waals surface area contributed by atoms with E-state index < -0.39 is 23.0 Å². The van der Waals surface area contributed by atoms with E-state index in [-0.39, 0.29) is 0 Å². The highest BCUT2D eigenvalue weighted by molar-refractivity contribution is 6.84. The molecule has 0 heterocycles. The summed E-state index contributed by atoms with van der Waals surface area (Å²) < 4.78 is 4.34. The standard InChI is InChI=1S/C7H6ClNO6/c1-14-5(7(12)13)4(11)6(8)9-15-3-2-10/h3,5H,1H3,(H,12,13)/b9-6-/t5-/m0/s1. The molecule has 7 nitrogen and oxygen atoms in total. The average molecular weight is 236 g/mol. The number of carboxylic acid groups (broad SMARTS) is 1. The Labute approximate surface area is 88.9 Å². The summed E-state index contributed by atoms with van der Waals surface area (Å²) >= 11 is 5.27. The molecule has 0 bridgehead atoms. The second kappa shape index (κ2) is 6.72. The van der Waals surface area contributed by atoms with E-state index in [4.69, 9.17) is 16.7 Å². The van der Waals surface area contributed by atoms with Gasteiger partial charge in [0.2, 0.25) is 23.3 Å². The molecule has 0 amide bonds. The molecule has 0 saturated heterocycles. The number of carboxylic acids is 1. The molecule has 0 unspecified atom stereocenters. The quantitative estimate of drug-likeness (QED) is 0.220. The zero-order valence-electron chi connectivity index (χ0n) is 7.47. The van der Waals surface area contributed by atoms with Gasteiger partial charge in [0.25, 0.3) is 0 Å².